The van der Waals surface area contributed by atoms with Gasteiger partial charge >= 0.3 is 12.1 Å². The van der Waals surface area contributed by atoms with E-state index in [0.717, 1.165) is 17.1 Å². The topological polar surface area (TPSA) is 85.3 Å². The van der Waals surface area contributed by atoms with Crippen LogP contribution in [0.1, 0.15) is 45.6 Å². The summed E-state index contributed by atoms with van der Waals surface area (Å²) in [6.45, 7) is 7.90. The predicted octanol–water partition coefficient (Wildman–Crippen LogP) is 4.48. The van der Waals surface area contributed by atoms with E-state index in [1.807, 2.05) is 23.9 Å². The first-order valence-corrected chi connectivity index (χ1v) is 12.2. The van der Waals surface area contributed by atoms with Crippen LogP contribution in [-0.2, 0) is 20.7 Å². The lowest BCUT2D eigenvalue weighted by molar-refractivity contribution is -0.149. The molecule has 0 saturated heterocycles. The standard InChI is InChI=1S/C23H37NO6S/c1-4-7-8-16-31-17-14-24(23(27)29-6-3)13-15-30-20-11-9-19(10-12-20)18-21(22(25)26)28-5-2/h9-12,21H,4-8,13-18H2,1-3H3,(H,25,26). The Hall–Kier alpha value is -1.93. The number of carbonyl (C=O) groups is 2. The van der Waals surface area contributed by atoms with Crippen LogP contribution < -0.4 is 4.74 Å². The molecule has 1 aromatic rings. The van der Waals surface area contributed by atoms with Crippen molar-refractivity contribution in [1.82, 2.24) is 4.90 Å². The zero-order chi connectivity index (χ0) is 22.9. The van der Waals surface area contributed by atoms with E-state index in [1.165, 1.54) is 19.3 Å². The second-order valence-corrected chi connectivity index (χ2v) is 8.21. The molecular formula is C23H37NO6S. The van der Waals surface area contributed by atoms with Gasteiger partial charge in [-0.1, -0.05) is 31.9 Å². The molecule has 0 aliphatic rings. The van der Waals surface area contributed by atoms with Gasteiger partial charge in [0.25, 0.3) is 0 Å². The number of amides is 1. The third kappa shape index (κ3) is 11.9. The number of carboxylic acids is 1. The van der Waals surface area contributed by atoms with Crippen LogP contribution in [0.2, 0.25) is 0 Å². The molecule has 0 radical (unpaired) electrons. The fourth-order valence-electron chi connectivity index (χ4n) is 2.87. The number of thioether (sulfide) groups is 1. The Morgan fingerprint density at radius 3 is 2.39 bits per heavy atom. The van der Waals surface area contributed by atoms with E-state index in [1.54, 1.807) is 30.9 Å². The number of nitrogens with zero attached hydrogens (tertiary/aromatic N) is 1. The predicted molar refractivity (Wildman–Crippen MR) is 124 cm³/mol. The molecule has 0 aliphatic carbocycles. The molecule has 0 fully saturated rings. The Kier molecular flexibility index (Phi) is 14.6. The van der Waals surface area contributed by atoms with Crippen molar-refractivity contribution in [3.63, 3.8) is 0 Å². The van der Waals surface area contributed by atoms with Crippen molar-refractivity contribution in [3.05, 3.63) is 29.8 Å². The minimum atomic E-state index is -0.968. The number of hydrogen-bond acceptors (Lipinski definition) is 6. The van der Waals surface area contributed by atoms with Crippen molar-refractivity contribution in [1.29, 1.82) is 0 Å². The number of carbonyl (C=O) groups excluding carboxylic acids is 1. The normalized spacial score (nSPS) is 11.7. The second kappa shape index (κ2) is 16.7. The molecule has 1 rings (SSSR count). The van der Waals surface area contributed by atoms with Gasteiger partial charge in [0.15, 0.2) is 6.10 Å². The average molecular weight is 456 g/mol. The molecule has 1 aromatic carbocycles. The largest absolute Gasteiger partial charge is 0.492 e. The van der Waals surface area contributed by atoms with E-state index < -0.39 is 12.1 Å². The first-order valence-electron chi connectivity index (χ1n) is 11.1. The van der Waals surface area contributed by atoms with Gasteiger partial charge in [0, 0.05) is 25.3 Å². The third-order valence-electron chi connectivity index (χ3n) is 4.54. The molecule has 7 nitrogen and oxygen atoms in total. The number of benzene rings is 1. The molecule has 1 unspecified atom stereocenters. The van der Waals surface area contributed by atoms with Crippen molar-refractivity contribution in [3.8, 4) is 5.75 Å². The quantitative estimate of drug-likeness (QED) is 0.347. The molecule has 0 saturated carbocycles. The maximum absolute atomic E-state index is 12.2. The van der Waals surface area contributed by atoms with Gasteiger partial charge in [-0.25, -0.2) is 9.59 Å². The van der Waals surface area contributed by atoms with E-state index in [2.05, 4.69) is 6.92 Å². The van der Waals surface area contributed by atoms with Gasteiger partial charge < -0.3 is 24.2 Å². The molecular weight excluding hydrogens is 418 g/mol. The minimum absolute atomic E-state index is 0.302. The highest BCUT2D eigenvalue weighted by Crippen LogP contribution is 2.15. The molecule has 0 aromatic heterocycles. The van der Waals surface area contributed by atoms with Crippen LogP contribution >= 0.6 is 11.8 Å². The molecule has 176 valence electrons. The van der Waals surface area contributed by atoms with Gasteiger partial charge in [0.05, 0.1) is 13.2 Å². The van der Waals surface area contributed by atoms with Gasteiger partial charge in [-0.15, -0.1) is 0 Å². The van der Waals surface area contributed by atoms with Crippen LogP contribution in [0.3, 0.4) is 0 Å². The third-order valence-corrected chi connectivity index (χ3v) is 5.59. The van der Waals surface area contributed by atoms with Crippen LogP contribution in [0.4, 0.5) is 4.79 Å². The summed E-state index contributed by atoms with van der Waals surface area (Å²) >= 11 is 1.86. The molecule has 1 atom stereocenters. The summed E-state index contributed by atoms with van der Waals surface area (Å²) < 4.78 is 16.2. The lowest BCUT2D eigenvalue weighted by Gasteiger charge is -2.22. The van der Waals surface area contributed by atoms with E-state index in [-0.39, 0.29) is 6.09 Å². The number of aliphatic carboxylic acids is 1. The van der Waals surface area contributed by atoms with E-state index in [9.17, 15) is 14.7 Å². The van der Waals surface area contributed by atoms with E-state index in [0.29, 0.717) is 45.1 Å². The van der Waals surface area contributed by atoms with Gasteiger partial charge in [-0.2, -0.15) is 11.8 Å². The number of ether oxygens (including phenoxy) is 3. The lowest BCUT2D eigenvalue weighted by Crippen LogP contribution is -2.36. The summed E-state index contributed by atoms with van der Waals surface area (Å²) in [6, 6.07) is 7.28. The maximum Gasteiger partial charge on any atom is 0.409 e. The van der Waals surface area contributed by atoms with E-state index in [4.69, 9.17) is 14.2 Å². The number of unbranched alkanes of at least 4 members (excludes halogenated alkanes) is 2. The SMILES string of the molecule is CCCCCSCCN(CCOc1ccc(CC(OCC)C(=O)O)cc1)C(=O)OCC. The molecule has 1 N–H and O–H groups in total. The van der Waals surface area contributed by atoms with Gasteiger partial charge in [-0.05, 0) is 43.7 Å². The van der Waals surface area contributed by atoms with Gasteiger partial charge in [-0.3, -0.25) is 0 Å². The minimum Gasteiger partial charge on any atom is -0.492 e. The van der Waals surface area contributed by atoms with Crippen molar-refractivity contribution in [2.45, 2.75) is 52.6 Å². The van der Waals surface area contributed by atoms with E-state index >= 15 is 0 Å². The second-order valence-electron chi connectivity index (χ2n) is 6.98. The number of rotatable bonds is 17. The van der Waals surface area contributed by atoms with Gasteiger partial charge in [0.1, 0.15) is 12.4 Å². The van der Waals surface area contributed by atoms with Crippen LogP contribution in [0.5, 0.6) is 5.75 Å². The Balaban J connectivity index is 2.46. The van der Waals surface area contributed by atoms with Crippen LogP contribution in [0, 0.1) is 0 Å². The van der Waals surface area contributed by atoms with Crippen molar-refractivity contribution >= 4 is 23.8 Å². The first kappa shape index (κ1) is 27.1. The molecule has 0 aliphatic heterocycles. The summed E-state index contributed by atoms with van der Waals surface area (Å²) in [7, 11) is 0. The Morgan fingerprint density at radius 1 is 1.03 bits per heavy atom. The van der Waals surface area contributed by atoms with Crippen LogP contribution in [0.15, 0.2) is 24.3 Å². The molecule has 0 spiro atoms. The highest BCUT2D eigenvalue weighted by atomic mass is 32.2. The molecule has 31 heavy (non-hydrogen) atoms. The summed E-state index contributed by atoms with van der Waals surface area (Å²) in [6.07, 6.45) is 2.79. The summed E-state index contributed by atoms with van der Waals surface area (Å²) in [5.74, 6) is 1.69. The summed E-state index contributed by atoms with van der Waals surface area (Å²) in [5, 5.41) is 9.19. The monoisotopic (exact) mass is 455 g/mol. The van der Waals surface area contributed by atoms with Gasteiger partial charge in [0.2, 0.25) is 0 Å². The summed E-state index contributed by atoms with van der Waals surface area (Å²) in [5.41, 5.74) is 0.862. The fourth-order valence-corrected chi connectivity index (χ4v) is 3.83. The molecule has 0 heterocycles. The Bertz CT molecular complexity index is 625. The first-order chi connectivity index (χ1) is 15.0. The number of hydrogen-bond donors (Lipinski definition) is 1. The summed E-state index contributed by atoms with van der Waals surface area (Å²) in [4.78, 5) is 25.1. The van der Waals surface area contributed by atoms with Crippen molar-refractivity contribution in [2.75, 3.05) is 44.4 Å². The molecule has 0 bridgehead atoms. The Morgan fingerprint density at radius 2 is 1.77 bits per heavy atom. The zero-order valence-corrected chi connectivity index (χ0v) is 19.8. The van der Waals surface area contributed by atoms with Crippen molar-refractivity contribution in [2.24, 2.45) is 0 Å². The lowest BCUT2D eigenvalue weighted by atomic mass is 10.1. The molecule has 1 amide bonds. The highest BCUT2D eigenvalue weighted by Gasteiger charge is 2.18. The van der Waals surface area contributed by atoms with Crippen LogP contribution in [-0.4, -0.2) is 72.6 Å². The average Bonchev–Trinajstić information content (AvgIpc) is 2.75. The Labute approximate surface area is 190 Å². The maximum atomic E-state index is 12.2. The zero-order valence-electron chi connectivity index (χ0n) is 19.0. The van der Waals surface area contributed by atoms with Crippen LogP contribution in [0.25, 0.3) is 0 Å². The molecule has 8 heteroatoms. The smallest absolute Gasteiger partial charge is 0.409 e. The fraction of sp³-hybridized carbons (Fsp3) is 0.652. The van der Waals surface area contributed by atoms with Crippen molar-refractivity contribution < 1.29 is 28.9 Å². The number of carboxylic acid groups (broad SMARTS) is 1. The highest BCUT2D eigenvalue weighted by molar-refractivity contribution is 7.99.